The molecule has 0 fully saturated rings. The first-order valence-electron chi connectivity index (χ1n) is 4.06. The fraction of sp³-hybridized carbons (Fsp3) is 0. The highest BCUT2D eigenvalue weighted by atomic mass is 19.1. The number of halogens is 2. The summed E-state index contributed by atoms with van der Waals surface area (Å²) in [7, 11) is 0. The van der Waals surface area contributed by atoms with E-state index in [1.165, 1.54) is 24.3 Å². The Labute approximate surface area is 79.0 Å². The number of benzene rings is 2. The zero-order valence-corrected chi connectivity index (χ0v) is 7.13. The summed E-state index contributed by atoms with van der Waals surface area (Å²) >= 11 is 0. The van der Waals surface area contributed by atoms with Gasteiger partial charge in [-0.2, -0.15) is 0 Å². The van der Waals surface area contributed by atoms with Crippen molar-refractivity contribution in [2.24, 2.45) is 0 Å². The predicted molar refractivity (Wildman–Crippen MR) is 49.3 cm³/mol. The fourth-order valence-corrected chi connectivity index (χ4v) is 1.40. The molecule has 0 atom stereocenters. The van der Waals surface area contributed by atoms with Crippen molar-refractivity contribution in [3.8, 4) is 0 Å². The summed E-state index contributed by atoms with van der Waals surface area (Å²) in [6.45, 7) is 0. The monoisotopic (exact) mass is 192 g/mol. The molecule has 0 amide bonds. The second-order valence-corrected chi connectivity index (χ2v) is 2.92. The molecule has 0 aliphatic carbocycles. The van der Waals surface area contributed by atoms with Gasteiger partial charge in [-0.25, -0.2) is 8.78 Å². The van der Waals surface area contributed by atoms with E-state index in [4.69, 9.17) is 0 Å². The Balaban J connectivity index is 2.93. The van der Waals surface area contributed by atoms with Crippen molar-refractivity contribution in [2.45, 2.75) is 0 Å². The summed E-state index contributed by atoms with van der Waals surface area (Å²) in [6, 6.07) is 7.11. The average Bonchev–Trinajstić information content (AvgIpc) is 2.18. The van der Waals surface area contributed by atoms with E-state index in [1.807, 2.05) is 0 Å². The molecule has 0 aromatic heterocycles. The number of hydrogen-bond acceptors (Lipinski definition) is 1. The van der Waals surface area contributed by atoms with E-state index in [9.17, 15) is 13.6 Å². The molecule has 2 aromatic rings. The lowest BCUT2D eigenvalue weighted by Crippen LogP contribution is -1.91. The molecular weight excluding hydrogens is 186 g/mol. The van der Waals surface area contributed by atoms with Gasteiger partial charge in [-0.3, -0.25) is 4.79 Å². The standard InChI is InChI=1S/C11H6F2O/c12-9-3-1-2-7-4-5-8(6-14)11(13)10(7)9/h1-6H. The maximum atomic E-state index is 13.5. The van der Waals surface area contributed by atoms with Crippen molar-refractivity contribution in [1.82, 2.24) is 0 Å². The van der Waals surface area contributed by atoms with Gasteiger partial charge in [-0.15, -0.1) is 0 Å². The second-order valence-electron chi connectivity index (χ2n) is 2.92. The summed E-state index contributed by atoms with van der Waals surface area (Å²) in [5, 5.41) is 0.324. The van der Waals surface area contributed by atoms with Crippen molar-refractivity contribution in [3.05, 3.63) is 47.5 Å². The normalized spacial score (nSPS) is 10.4. The summed E-state index contributed by atoms with van der Waals surface area (Å²) < 4.78 is 26.7. The summed E-state index contributed by atoms with van der Waals surface area (Å²) in [5.41, 5.74) is -0.123. The molecule has 0 spiro atoms. The zero-order chi connectivity index (χ0) is 10.1. The van der Waals surface area contributed by atoms with Crippen LogP contribution in [-0.2, 0) is 0 Å². The lowest BCUT2D eigenvalue weighted by Gasteiger charge is -2.02. The largest absolute Gasteiger partial charge is 0.298 e. The first-order chi connectivity index (χ1) is 6.74. The second kappa shape index (κ2) is 3.18. The van der Waals surface area contributed by atoms with Gasteiger partial charge in [0, 0.05) is 0 Å². The molecule has 0 aliphatic rings. The van der Waals surface area contributed by atoms with Crippen LogP contribution in [0.1, 0.15) is 10.4 Å². The van der Waals surface area contributed by atoms with Crippen molar-refractivity contribution in [2.75, 3.05) is 0 Å². The number of carbonyl (C=O) groups excluding carboxylic acids is 1. The van der Waals surface area contributed by atoms with Crippen LogP contribution in [0.25, 0.3) is 10.8 Å². The molecule has 14 heavy (non-hydrogen) atoms. The Morgan fingerprint density at radius 3 is 2.57 bits per heavy atom. The molecule has 0 aliphatic heterocycles. The van der Waals surface area contributed by atoms with E-state index in [0.717, 1.165) is 0 Å². The number of rotatable bonds is 1. The first-order valence-corrected chi connectivity index (χ1v) is 4.06. The summed E-state index contributed by atoms with van der Waals surface area (Å²) in [5.74, 6) is -1.45. The fourth-order valence-electron chi connectivity index (χ4n) is 1.40. The maximum absolute atomic E-state index is 13.5. The maximum Gasteiger partial charge on any atom is 0.153 e. The Morgan fingerprint density at radius 1 is 1.07 bits per heavy atom. The van der Waals surface area contributed by atoms with Gasteiger partial charge in [0.25, 0.3) is 0 Å². The van der Waals surface area contributed by atoms with E-state index in [-0.39, 0.29) is 10.9 Å². The van der Waals surface area contributed by atoms with E-state index in [2.05, 4.69) is 0 Å². The van der Waals surface area contributed by atoms with Crippen LogP contribution in [0.3, 0.4) is 0 Å². The van der Waals surface area contributed by atoms with Gasteiger partial charge < -0.3 is 0 Å². The predicted octanol–water partition coefficient (Wildman–Crippen LogP) is 2.93. The van der Waals surface area contributed by atoms with E-state index in [1.54, 1.807) is 6.07 Å². The number of hydrogen-bond donors (Lipinski definition) is 0. The third-order valence-electron chi connectivity index (χ3n) is 2.09. The van der Waals surface area contributed by atoms with Gasteiger partial charge in [0.2, 0.25) is 0 Å². The highest BCUT2D eigenvalue weighted by molar-refractivity contribution is 5.90. The topological polar surface area (TPSA) is 17.1 Å². The summed E-state index contributed by atoms with van der Waals surface area (Å²) in [6.07, 6.45) is 0.376. The lowest BCUT2D eigenvalue weighted by molar-refractivity contribution is 0.112. The van der Waals surface area contributed by atoms with Gasteiger partial charge in [0.05, 0.1) is 10.9 Å². The molecule has 70 valence electrons. The number of aldehydes is 1. The Bertz CT molecular complexity index is 506. The van der Waals surface area contributed by atoms with Crippen molar-refractivity contribution in [1.29, 1.82) is 0 Å². The van der Waals surface area contributed by atoms with Gasteiger partial charge in [0.15, 0.2) is 6.29 Å². The molecule has 0 bridgehead atoms. The van der Waals surface area contributed by atoms with Crippen LogP contribution in [-0.4, -0.2) is 6.29 Å². The minimum Gasteiger partial charge on any atom is -0.298 e. The van der Waals surface area contributed by atoms with E-state index in [0.29, 0.717) is 11.7 Å². The molecular formula is C11H6F2O. The van der Waals surface area contributed by atoms with Crippen molar-refractivity contribution < 1.29 is 13.6 Å². The van der Waals surface area contributed by atoms with Crippen molar-refractivity contribution in [3.63, 3.8) is 0 Å². The highest BCUT2D eigenvalue weighted by Gasteiger charge is 2.09. The van der Waals surface area contributed by atoms with Crippen LogP contribution in [0, 0.1) is 11.6 Å². The minimum atomic E-state index is -0.796. The minimum absolute atomic E-state index is 0.123. The van der Waals surface area contributed by atoms with Gasteiger partial charge in [-0.1, -0.05) is 18.2 Å². The highest BCUT2D eigenvalue weighted by Crippen LogP contribution is 2.22. The quantitative estimate of drug-likeness (QED) is 0.635. The molecule has 2 aromatic carbocycles. The van der Waals surface area contributed by atoms with Crippen LogP contribution in [0.2, 0.25) is 0 Å². The average molecular weight is 192 g/mol. The Morgan fingerprint density at radius 2 is 1.86 bits per heavy atom. The Hall–Kier alpha value is -1.77. The van der Waals surface area contributed by atoms with Crippen LogP contribution < -0.4 is 0 Å². The van der Waals surface area contributed by atoms with Crippen LogP contribution in [0.15, 0.2) is 30.3 Å². The molecule has 0 heterocycles. The van der Waals surface area contributed by atoms with Gasteiger partial charge >= 0.3 is 0 Å². The SMILES string of the molecule is O=Cc1ccc2cccc(F)c2c1F. The number of carbonyl (C=O) groups is 1. The van der Waals surface area contributed by atoms with Crippen molar-refractivity contribution >= 4 is 17.1 Å². The van der Waals surface area contributed by atoms with Crippen LogP contribution in [0.5, 0.6) is 0 Å². The molecule has 0 saturated carbocycles. The van der Waals surface area contributed by atoms with E-state index >= 15 is 0 Å². The molecule has 0 unspecified atom stereocenters. The third-order valence-corrected chi connectivity index (χ3v) is 2.09. The third kappa shape index (κ3) is 1.18. The molecule has 0 N–H and O–H groups in total. The molecule has 0 radical (unpaired) electrons. The summed E-state index contributed by atoms with van der Waals surface area (Å²) in [4.78, 5) is 10.4. The van der Waals surface area contributed by atoms with Gasteiger partial charge in [0.1, 0.15) is 11.6 Å². The van der Waals surface area contributed by atoms with E-state index < -0.39 is 11.6 Å². The number of fused-ring (bicyclic) bond motifs is 1. The Kier molecular flexibility index (Phi) is 2.00. The van der Waals surface area contributed by atoms with Crippen LogP contribution in [0.4, 0.5) is 8.78 Å². The zero-order valence-electron chi connectivity index (χ0n) is 7.13. The molecule has 2 rings (SSSR count). The van der Waals surface area contributed by atoms with Crippen LogP contribution >= 0.6 is 0 Å². The molecule has 3 heteroatoms. The first kappa shape index (κ1) is 8.81. The molecule has 1 nitrogen and oxygen atoms in total. The van der Waals surface area contributed by atoms with Gasteiger partial charge in [-0.05, 0) is 17.5 Å². The molecule has 0 saturated heterocycles. The lowest BCUT2D eigenvalue weighted by atomic mass is 10.1. The smallest absolute Gasteiger partial charge is 0.153 e.